The van der Waals surface area contributed by atoms with Gasteiger partial charge in [0.1, 0.15) is 0 Å². The van der Waals surface area contributed by atoms with Gasteiger partial charge in [0, 0.05) is 28.4 Å². The van der Waals surface area contributed by atoms with Gasteiger partial charge in [0.25, 0.3) is 0 Å². The Morgan fingerprint density at radius 1 is 0.627 bits per heavy atom. The quantitative estimate of drug-likeness (QED) is 0.114. The number of aliphatic imine (C=N–C) groups is 1. The second kappa shape index (κ2) is 14.2. The largest absolute Gasteiger partial charge is 0.314 e. The summed E-state index contributed by atoms with van der Waals surface area (Å²) < 4.78 is 2.58. The standard InChI is InChI=1S/C49H44N2/c1-34-14-12-20-41(30-34)43-26-29-46-45-22-10-11-23-48(45)51(49(46)33-43)44-27-24-38(25-28-44)42-21-13-19-40(32-42)36(3)50-47(39-17-8-5-9-18-39)31-35(2)37-15-6-4-7-16-37/h4-9,12-21,24-25,27-28,30-33H,2,10-11,22-23,26,29H2,1,3H3/b47-31-,50-36?. The molecule has 5 aromatic carbocycles. The van der Waals surface area contributed by atoms with Crippen molar-refractivity contribution in [2.24, 2.45) is 4.99 Å². The number of aryl methyl sites for hydroxylation is 1. The fourth-order valence-corrected chi connectivity index (χ4v) is 7.85. The second-order valence-corrected chi connectivity index (χ2v) is 14.0. The summed E-state index contributed by atoms with van der Waals surface area (Å²) in [5.41, 5.74) is 19.9. The maximum Gasteiger partial charge on any atom is 0.0711 e. The van der Waals surface area contributed by atoms with Gasteiger partial charge in [-0.05, 0) is 133 Å². The highest BCUT2D eigenvalue weighted by molar-refractivity contribution is 6.03. The van der Waals surface area contributed by atoms with Crippen molar-refractivity contribution in [3.8, 4) is 16.8 Å². The summed E-state index contributed by atoms with van der Waals surface area (Å²) in [6.07, 6.45) is 11.7. The lowest BCUT2D eigenvalue weighted by Crippen LogP contribution is -2.07. The smallest absolute Gasteiger partial charge is 0.0711 e. The van der Waals surface area contributed by atoms with Crippen LogP contribution in [0.15, 0.2) is 151 Å². The van der Waals surface area contributed by atoms with Crippen LogP contribution in [0.25, 0.3) is 39.7 Å². The molecule has 0 fully saturated rings. The molecule has 6 aromatic rings. The third kappa shape index (κ3) is 6.75. The van der Waals surface area contributed by atoms with Crippen molar-refractivity contribution in [1.82, 2.24) is 4.57 Å². The Morgan fingerprint density at radius 2 is 1.31 bits per heavy atom. The number of fused-ring (bicyclic) bond motifs is 3. The summed E-state index contributed by atoms with van der Waals surface area (Å²) in [6, 6.07) is 47.6. The Morgan fingerprint density at radius 3 is 2.08 bits per heavy atom. The Balaban J connectivity index is 1.12. The molecule has 1 heterocycles. The molecule has 2 aliphatic rings. The predicted octanol–water partition coefficient (Wildman–Crippen LogP) is 12.4. The highest BCUT2D eigenvalue weighted by atomic mass is 15.0. The first-order valence-electron chi connectivity index (χ1n) is 18.3. The molecule has 0 saturated heterocycles. The SMILES string of the molecule is C=C(/C=C(\N=C(C)c1cccc(-c2ccc(-n3c4c(c5c3CCCC5)CCC(c3cccc(C)c3)=C4)cc2)c1)c1ccccc1)c1ccccc1. The zero-order valence-corrected chi connectivity index (χ0v) is 29.7. The minimum absolute atomic E-state index is 0.898. The molecular formula is C49H44N2. The number of benzene rings is 5. The fraction of sp³-hybridized carbons (Fsp3) is 0.163. The Kier molecular flexibility index (Phi) is 9.07. The van der Waals surface area contributed by atoms with Gasteiger partial charge in [0.15, 0.2) is 0 Å². The molecule has 0 aliphatic heterocycles. The Bertz CT molecular complexity index is 2310. The molecule has 0 bridgehead atoms. The molecule has 250 valence electrons. The summed E-state index contributed by atoms with van der Waals surface area (Å²) >= 11 is 0. The van der Waals surface area contributed by atoms with Crippen LogP contribution in [0.4, 0.5) is 0 Å². The van der Waals surface area contributed by atoms with Crippen molar-refractivity contribution in [3.05, 3.63) is 196 Å². The normalized spacial score (nSPS) is 14.4. The monoisotopic (exact) mass is 660 g/mol. The first kappa shape index (κ1) is 32.5. The highest BCUT2D eigenvalue weighted by Crippen LogP contribution is 2.40. The van der Waals surface area contributed by atoms with Crippen molar-refractivity contribution < 1.29 is 0 Å². The van der Waals surface area contributed by atoms with Gasteiger partial charge in [-0.2, -0.15) is 0 Å². The fourth-order valence-electron chi connectivity index (χ4n) is 7.85. The van der Waals surface area contributed by atoms with Crippen molar-refractivity contribution in [2.75, 3.05) is 0 Å². The molecule has 0 radical (unpaired) electrons. The molecule has 2 aliphatic carbocycles. The summed E-state index contributed by atoms with van der Waals surface area (Å²) in [5, 5.41) is 0. The summed E-state index contributed by atoms with van der Waals surface area (Å²) in [6.45, 7) is 8.65. The first-order valence-corrected chi connectivity index (χ1v) is 18.3. The lowest BCUT2D eigenvalue weighted by Gasteiger charge is -2.18. The lowest BCUT2D eigenvalue weighted by atomic mass is 9.87. The van der Waals surface area contributed by atoms with E-state index < -0.39 is 0 Å². The third-order valence-corrected chi connectivity index (χ3v) is 10.5. The maximum atomic E-state index is 5.19. The second-order valence-electron chi connectivity index (χ2n) is 14.0. The Hall–Kier alpha value is -5.73. The molecular weight excluding hydrogens is 617 g/mol. The molecule has 8 rings (SSSR count). The molecule has 0 amide bonds. The van der Waals surface area contributed by atoms with E-state index in [-0.39, 0.29) is 0 Å². The lowest BCUT2D eigenvalue weighted by molar-refractivity contribution is 0.660. The number of hydrogen-bond acceptors (Lipinski definition) is 1. The minimum Gasteiger partial charge on any atom is -0.314 e. The van der Waals surface area contributed by atoms with Gasteiger partial charge in [-0.3, -0.25) is 4.99 Å². The zero-order valence-electron chi connectivity index (χ0n) is 29.7. The van der Waals surface area contributed by atoms with Gasteiger partial charge >= 0.3 is 0 Å². The van der Waals surface area contributed by atoms with E-state index in [1.54, 1.807) is 11.1 Å². The number of allylic oxidation sites excluding steroid dienone is 3. The van der Waals surface area contributed by atoms with Crippen LogP contribution < -0.4 is 0 Å². The van der Waals surface area contributed by atoms with E-state index in [0.29, 0.717) is 0 Å². The van der Waals surface area contributed by atoms with Crippen LogP contribution in [-0.4, -0.2) is 10.3 Å². The van der Waals surface area contributed by atoms with Crippen molar-refractivity contribution in [3.63, 3.8) is 0 Å². The van der Waals surface area contributed by atoms with E-state index in [1.165, 1.54) is 64.2 Å². The molecule has 2 heteroatoms. The number of rotatable bonds is 8. The zero-order chi connectivity index (χ0) is 34.7. The van der Waals surface area contributed by atoms with Crippen LogP contribution in [0.1, 0.15) is 76.5 Å². The van der Waals surface area contributed by atoms with E-state index in [2.05, 4.69) is 146 Å². The molecule has 0 spiro atoms. The molecule has 2 nitrogen and oxygen atoms in total. The van der Waals surface area contributed by atoms with Crippen LogP contribution in [0.5, 0.6) is 0 Å². The average Bonchev–Trinajstić information content (AvgIpc) is 3.52. The van der Waals surface area contributed by atoms with E-state index in [9.17, 15) is 0 Å². The van der Waals surface area contributed by atoms with Crippen LogP contribution in [-0.2, 0) is 19.3 Å². The van der Waals surface area contributed by atoms with E-state index >= 15 is 0 Å². The average molecular weight is 661 g/mol. The van der Waals surface area contributed by atoms with Gasteiger partial charge in [0.2, 0.25) is 0 Å². The van der Waals surface area contributed by atoms with E-state index in [0.717, 1.165) is 52.9 Å². The molecule has 0 saturated carbocycles. The highest BCUT2D eigenvalue weighted by Gasteiger charge is 2.27. The van der Waals surface area contributed by atoms with E-state index in [1.807, 2.05) is 24.3 Å². The molecule has 0 unspecified atom stereocenters. The van der Waals surface area contributed by atoms with Crippen LogP contribution in [0.2, 0.25) is 0 Å². The number of aromatic nitrogens is 1. The summed E-state index contributed by atoms with van der Waals surface area (Å²) in [5.74, 6) is 0. The van der Waals surface area contributed by atoms with Crippen molar-refractivity contribution in [2.45, 2.75) is 52.4 Å². The van der Waals surface area contributed by atoms with Crippen molar-refractivity contribution >= 4 is 28.6 Å². The van der Waals surface area contributed by atoms with Crippen LogP contribution >= 0.6 is 0 Å². The number of hydrogen-bond donors (Lipinski definition) is 0. The summed E-state index contributed by atoms with van der Waals surface area (Å²) in [4.78, 5) is 5.19. The van der Waals surface area contributed by atoms with Gasteiger partial charge in [0.05, 0.1) is 5.70 Å². The molecule has 1 aromatic heterocycles. The Labute approximate surface area is 302 Å². The van der Waals surface area contributed by atoms with Crippen molar-refractivity contribution in [1.29, 1.82) is 0 Å². The topological polar surface area (TPSA) is 17.3 Å². The van der Waals surface area contributed by atoms with Gasteiger partial charge < -0.3 is 4.57 Å². The van der Waals surface area contributed by atoms with Crippen LogP contribution in [0.3, 0.4) is 0 Å². The van der Waals surface area contributed by atoms with E-state index in [4.69, 9.17) is 4.99 Å². The summed E-state index contributed by atoms with van der Waals surface area (Å²) in [7, 11) is 0. The molecule has 51 heavy (non-hydrogen) atoms. The third-order valence-electron chi connectivity index (χ3n) is 10.5. The molecule has 0 N–H and O–H groups in total. The van der Waals surface area contributed by atoms with Gasteiger partial charge in [-0.25, -0.2) is 0 Å². The van der Waals surface area contributed by atoms with Gasteiger partial charge in [-0.15, -0.1) is 0 Å². The predicted molar refractivity (Wildman–Crippen MR) is 217 cm³/mol. The van der Waals surface area contributed by atoms with Gasteiger partial charge in [-0.1, -0.05) is 127 Å². The minimum atomic E-state index is 0.898. The molecule has 0 atom stereocenters. The van der Waals surface area contributed by atoms with Crippen LogP contribution in [0, 0.1) is 6.92 Å². The first-order chi connectivity index (χ1) is 25.0. The number of nitrogens with zero attached hydrogens (tertiary/aromatic N) is 2. The maximum absolute atomic E-state index is 5.19.